The maximum absolute atomic E-state index is 12.7. The number of carbonyl (C=O) groups is 1. The number of ketones is 1. The Kier molecular flexibility index (Phi) is 3.38. The van der Waals surface area contributed by atoms with E-state index >= 15 is 0 Å². The van der Waals surface area contributed by atoms with Gasteiger partial charge in [0, 0.05) is 12.5 Å². The smallest absolute Gasteiger partial charge is 0.408 e. The van der Waals surface area contributed by atoms with Gasteiger partial charge in [-0.3, -0.25) is 9.48 Å². The van der Waals surface area contributed by atoms with Crippen LogP contribution in [0.1, 0.15) is 28.9 Å². The van der Waals surface area contributed by atoms with Gasteiger partial charge in [0.05, 0.1) is 17.0 Å². The van der Waals surface area contributed by atoms with Gasteiger partial charge in [0.25, 0.3) is 0 Å². The average Bonchev–Trinajstić information content (AvgIpc) is 2.77. The minimum atomic E-state index is -4.43. The maximum atomic E-state index is 12.7. The zero-order valence-electron chi connectivity index (χ0n) is 11.4. The Morgan fingerprint density at radius 2 is 2.05 bits per heavy atom. The third-order valence-electron chi connectivity index (χ3n) is 3.46. The minimum absolute atomic E-state index is 0.0971. The first-order valence-electron chi connectivity index (χ1n) is 6.71. The monoisotopic (exact) mass is 311 g/mol. The molecule has 0 unspecified atom stereocenters. The Morgan fingerprint density at radius 3 is 2.73 bits per heavy atom. The van der Waals surface area contributed by atoms with Crippen LogP contribution in [0.4, 0.5) is 13.2 Å². The Bertz CT molecular complexity index is 737. The summed E-state index contributed by atoms with van der Waals surface area (Å²) in [6.07, 6.45) is -3.29. The lowest BCUT2D eigenvalue weighted by Crippen LogP contribution is -2.22. The summed E-state index contributed by atoms with van der Waals surface area (Å²) in [5.41, 5.74) is 0.759. The summed E-state index contributed by atoms with van der Waals surface area (Å²) in [6.45, 7) is -1.25. The molecule has 1 aliphatic carbocycles. The van der Waals surface area contributed by atoms with E-state index in [0.717, 1.165) is 4.68 Å². The van der Waals surface area contributed by atoms with Crippen LogP contribution < -0.4 is 0 Å². The van der Waals surface area contributed by atoms with Crippen molar-refractivity contribution in [3.05, 3.63) is 29.5 Å². The number of fused-ring (bicyclic) bond motifs is 1. The van der Waals surface area contributed by atoms with Crippen molar-refractivity contribution in [2.24, 2.45) is 0 Å². The van der Waals surface area contributed by atoms with Crippen molar-refractivity contribution in [2.45, 2.75) is 32.0 Å². The van der Waals surface area contributed by atoms with Gasteiger partial charge >= 0.3 is 6.18 Å². The van der Waals surface area contributed by atoms with E-state index in [1.165, 1.54) is 18.2 Å². The molecule has 5 nitrogen and oxygen atoms in total. The number of hydrogen-bond donors (Lipinski definition) is 1. The van der Waals surface area contributed by atoms with Crippen molar-refractivity contribution in [3.8, 4) is 17.3 Å². The van der Waals surface area contributed by atoms with Crippen molar-refractivity contribution in [3.63, 3.8) is 0 Å². The molecule has 1 N–H and O–H groups in total. The predicted octanol–water partition coefficient (Wildman–Crippen LogP) is 2.73. The number of carbonyl (C=O) groups excluding carboxylic acids is 1. The molecule has 8 heteroatoms. The zero-order valence-corrected chi connectivity index (χ0v) is 11.4. The molecule has 0 atom stereocenters. The zero-order chi connectivity index (χ0) is 15.9. The lowest BCUT2D eigenvalue weighted by atomic mass is 9.93. The van der Waals surface area contributed by atoms with Crippen LogP contribution in [-0.4, -0.2) is 31.8 Å². The van der Waals surface area contributed by atoms with Crippen LogP contribution >= 0.6 is 0 Å². The molecule has 2 aromatic rings. The molecule has 0 aliphatic heterocycles. The molecule has 0 saturated heterocycles. The van der Waals surface area contributed by atoms with Crippen LogP contribution in [0.25, 0.3) is 11.4 Å². The van der Waals surface area contributed by atoms with Crippen LogP contribution in [0.2, 0.25) is 0 Å². The number of aromatic hydroxyl groups is 1. The summed E-state index contributed by atoms with van der Waals surface area (Å²) in [5, 5.41) is 13.4. The summed E-state index contributed by atoms with van der Waals surface area (Å²) in [5.74, 6) is -0.519. The highest BCUT2D eigenvalue weighted by atomic mass is 19.4. The summed E-state index contributed by atoms with van der Waals surface area (Å²) in [4.78, 5) is 16.0. The van der Waals surface area contributed by atoms with Gasteiger partial charge < -0.3 is 5.11 Å². The molecule has 0 aromatic carbocycles. The van der Waals surface area contributed by atoms with Crippen LogP contribution in [-0.2, 0) is 13.0 Å². The van der Waals surface area contributed by atoms with Crippen molar-refractivity contribution in [2.75, 3.05) is 0 Å². The highest BCUT2D eigenvalue weighted by molar-refractivity contribution is 6.03. The van der Waals surface area contributed by atoms with E-state index in [9.17, 15) is 23.1 Å². The number of halogens is 3. The third-order valence-corrected chi connectivity index (χ3v) is 3.46. The minimum Gasteiger partial charge on any atom is -0.493 e. The molecule has 3 rings (SSSR count). The number of aromatic nitrogens is 3. The second kappa shape index (κ2) is 5.11. The Hall–Kier alpha value is -2.38. The molecule has 2 aromatic heterocycles. The first-order chi connectivity index (χ1) is 10.3. The van der Waals surface area contributed by atoms with E-state index in [4.69, 9.17) is 0 Å². The fraction of sp³-hybridized carbons (Fsp3) is 0.357. The molecule has 22 heavy (non-hydrogen) atoms. The molecule has 2 heterocycles. The van der Waals surface area contributed by atoms with Gasteiger partial charge in [0.1, 0.15) is 12.2 Å². The quantitative estimate of drug-likeness (QED) is 0.926. The predicted molar refractivity (Wildman–Crippen MR) is 70.4 cm³/mol. The first-order valence-corrected chi connectivity index (χ1v) is 6.71. The van der Waals surface area contributed by atoms with E-state index in [1.54, 1.807) is 0 Å². The summed E-state index contributed by atoms with van der Waals surface area (Å²) >= 11 is 0. The molecule has 0 saturated carbocycles. The molecule has 1 aliphatic rings. The van der Waals surface area contributed by atoms with Gasteiger partial charge in [0.2, 0.25) is 5.88 Å². The van der Waals surface area contributed by atoms with Crippen molar-refractivity contribution in [1.82, 2.24) is 14.8 Å². The van der Waals surface area contributed by atoms with Gasteiger partial charge in [-0.2, -0.15) is 18.3 Å². The van der Waals surface area contributed by atoms with Crippen LogP contribution in [0.5, 0.6) is 5.88 Å². The van der Waals surface area contributed by atoms with E-state index in [-0.39, 0.29) is 40.7 Å². The standard InChI is InChI=1S/C14H12F3N3O2/c15-14(16,17)7-20-9-4-2-5-10(21)12(9)13(19-20)8-3-1-6-11(22)18-8/h1,3,6H,2,4-5,7H2,(H,18,22). The lowest BCUT2D eigenvalue weighted by molar-refractivity contribution is -0.143. The molecule has 0 fully saturated rings. The molecule has 116 valence electrons. The van der Waals surface area contributed by atoms with E-state index < -0.39 is 12.7 Å². The van der Waals surface area contributed by atoms with Gasteiger partial charge in [-0.05, 0) is 18.9 Å². The summed E-state index contributed by atoms with van der Waals surface area (Å²) in [6, 6.07) is 4.34. The first kappa shape index (κ1) is 14.6. The SMILES string of the molecule is O=C1CCCc2c1c(-c1cccc(O)n1)nn2CC(F)(F)F. The van der Waals surface area contributed by atoms with E-state index in [1.807, 2.05) is 0 Å². The molecule has 0 spiro atoms. The van der Waals surface area contributed by atoms with Gasteiger partial charge in [-0.1, -0.05) is 6.07 Å². The lowest BCUT2D eigenvalue weighted by Gasteiger charge is -2.14. The van der Waals surface area contributed by atoms with E-state index in [2.05, 4.69) is 10.1 Å². The average molecular weight is 311 g/mol. The molecule has 0 amide bonds. The number of Topliss-reactive ketones (excluding diaryl/α,β-unsaturated/α-hetero) is 1. The second-order valence-electron chi connectivity index (χ2n) is 5.10. The fourth-order valence-corrected chi connectivity index (χ4v) is 2.62. The highest BCUT2D eigenvalue weighted by Gasteiger charge is 2.34. The number of nitrogens with zero attached hydrogens (tertiary/aromatic N) is 3. The highest BCUT2D eigenvalue weighted by Crippen LogP contribution is 2.32. The van der Waals surface area contributed by atoms with Crippen LogP contribution in [0.3, 0.4) is 0 Å². The number of hydrogen-bond acceptors (Lipinski definition) is 4. The van der Waals surface area contributed by atoms with Gasteiger partial charge in [-0.25, -0.2) is 4.98 Å². The molecular weight excluding hydrogens is 299 g/mol. The molecule has 0 bridgehead atoms. The summed E-state index contributed by atoms with van der Waals surface area (Å²) in [7, 11) is 0. The number of rotatable bonds is 2. The maximum Gasteiger partial charge on any atom is 0.408 e. The van der Waals surface area contributed by atoms with Crippen molar-refractivity contribution >= 4 is 5.78 Å². The Balaban J connectivity index is 2.16. The molecular formula is C14H12F3N3O2. The topological polar surface area (TPSA) is 68.0 Å². The van der Waals surface area contributed by atoms with Gasteiger partial charge in [0.15, 0.2) is 5.78 Å². The second-order valence-corrected chi connectivity index (χ2v) is 5.10. The van der Waals surface area contributed by atoms with Gasteiger partial charge in [-0.15, -0.1) is 0 Å². The van der Waals surface area contributed by atoms with Crippen molar-refractivity contribution in [1.29, 1.82) is 0 Å². The third kappa shape index (κ3) is 2.68. The van der Waals surface area contributed by atoms with Crippen LogP contribution in [0.15, 0.2) is 18.2 Å². The molecule has 0 radical (unpaired) electrons. The van der Waals surface area contributed by atoms with Crippen molar-refractivity contribution < 1.29 is 23.1 Å². The van der Waals surface area contributed by atoms with E-state index in [0.29, 0.717) is 12.8 Å². The fourth-order valence-electron chi connectivity index (χ4n) is 2.62. The Labute approximate surface area is 123 Å². The largest absolute Gasteiger partial charge is 0.493 e. The normalized spacial score (nSPS) is 15.0. The number of pyridine rings is 1. The summed E-state index contributed by atoms with van der Waals surface area (Å²) < 4.78 is 38.9. The van der Waals surface area contributed by atoms with Crippen LogP contribution in [0, 0.1) is 0 Å². The Morgan fingerprint density at radius 1 is 1.27 bits per heavy atom. The number of alkyl halides is 3.